The van der Waals surface area contributed by atoms with Crippen molar-refractivity contribution in [3.63, 3.8) is 0 Å². The number of nitrogens with zero attached hydrogens (tertiary/aromatic N) is 5. The van der Waals surface area contributed by atoms with E-state index in [9.17, 15) is 9.59 Å². The van der Waals surface area contributed by atoms with Crippen LogP contribution in [-0.4, -0.2) is 51.8 Å². The zero-order valence-corrected chi connectivity index (χ0v) is 18.4. The van der Waals surface area contributed by atoms with Gasteiger partial charge in [0.1, 0.15) is 11.9 Å². The number of benzene rings is 2. The molecule has 9 nitrogen and oxygen atoms in total. The highest BCUT2D eigenvalue weighted by Gasteiger charge is 2.52. The molecule has 31 heavy (non-hydrogen) atoms. The second-order valence-corrected chi connectivity index (χ2v) is 8.36. The Morgan fingerprint density at radius 1 is 1.06 bits per heavy atom. The smallest absolute Gasteiger partial charge is 0.325 e. The number of amides is 3. The van der Waals surface area contributed by atoms with Gasteiger partial charge in [0.05, 0.1) is 7.11 Å². The second-order valence-electron chi connectivity index (χ2n) is 7.44. The molecular formula is C21H19BrN6O3. The van der Waals surface area contributed by atoms with Gasteiger partial charge in [-0.25, -0.2) is 4.79 Å². The van der Waals surface area contributed by atoms with Gasteiger partial charge in [-0.1, -0.05) is 28.1 Å². The molecule has 0 spiro atoms. The van der Waals surface area contributed by atoms with Crippen molar-refractivity contribution in [2.75, 3.05) is 19.1 Å². The summed E-state index contributed by atoms with van der Waals surface area (Å²) in [5, 5.41) is 11.3. The number of imide groups is 1. The lowest BCUT2D eigenvalue weighted by Gasteiger charge is -2.37. The fourth-order valence-corrected chi connectivity index (χ4v) is 4.36. The summed E-state index contributed by atoms with van der Waals surface area (Å²) in [5.41, 5.74) is 1.83. The third-order valence-electron chi connectivity index (χ3n) is 5.65. The van der Waals surface area contributed by atoms with Gasteiger partial charge in [0.2, 0.25) is 5.95 Å². The first-order valence-electron chi connectivity index (χ1n) is 9.66. The number of hydrogen-bond acceptors (Lipinski definition) is 6. The third-order valence-corrected chi connectivity index (χ3v) is 6.18. The molecule has 0 bridgehead atoms. The monoisotopic (exact) mass is 482 g/mol. The van der Waals surface area contributed by atoms with E-state index in [1.54, 1.807) is 14.2 Å². The minimum atomic E-state index is -0.617. The van der Waals surface area contributed by atoms with Crippen molar-refractivity contribution in [2.24, 2.45) is 0 Å². The van der Waals surface area contributed by atoms with E-state index in [1.165, 1.54) is 4.90 Å². The molecule has 2 aromatic carbocycles. The van der Waals surface area contributed by atoms with E-state index in [0.717, 1.165) is 21.3 Å². The quantitative estimate of drug-likeness (QED) is 0.614. The molecule has 2 aliphatic rings. The Hall–Kier alpha value is -3.40. The Morgan fingerprint density at radius 2 is 1.77 bits per heavy atom. The highest BCUT2D eigenvalue weighted by molar-refractivity contribution is 9.10. The molecule has 1 saturated heterocycles. The van der Waals surface area contributed by atoms with Crippen molar-refractivity contribution < 1.29 is 14.3 Å². The molecule has 2 unspecified atom stereocenters. The first kappa shape index (κ1) is 19.6. The summed E-state index contributed by atoms with van der Waals surface area (Å²) in [6.07, 6.45) is -0.557. The normalized spacial score (nSPS) is 19.8. The average molecular weight is 483 g/mol. The Labute approximate surface area is 186 Å². The second kappa shape index (κ2) is 7.38. The van der Waals surface area contributed by atoms with Crippen LogP contribution in [0, 0.1) is 0 Å². The van der Waals surface area contributed by atoms with E-state index in [1.807, 2.05) is 58.0 Å². The number of rotatable bonds is 4. The van der Waals surface area contributed by atoms with Crippen molar-refractivity contribution in [2.45, 2.75) is 18.8 Å². The highest BCUT2D eigenvalue weighted by Crippen LogP contribution is 2.41. The van der Waals surface area contributed by atoms with Gasteiger partial charge >= 0.3 is 6.03 Å². The van der Waals surface area contributed by atoms with Crippen molar-refractivity contribution in [3.8, 4) is 17.1 Å². The van der Waals surface area contributed by atoms with Crippen LogP contribution >= 0.6 is 15.9 Å². The molecule has 3 aromatic rings. The van der Waals surface area contributed by atoms with Gasteiger partial charge in [-0.05, 0) is 42.0 Å². The number of ether oxygens (including phenoxy) is 1. The maximum Gasteiger partial charge on any atom is 0.325 e. The van der Waals surface area contributed by atoms with Gasteiger partial charge < -0.3 is 14.5 Å². The number of carbonyl (C=O) groups excluding carboxylic acids is 2. The molecule has 0 aliphatic carbocycles. The highest BCUT2D eigenvalue weighted by atomic mass is 79.9. The molecule has 1 fully saturated rings. The maximum atomic E-state index is 12.9. The topological polar surface area (TPSA) is 92.6 Å². The molecule has 5 rings (SSSR count). The Bertz CT molecular complexity index is 1160. The van der Waals surface area contributed by atoms with Crippen molar-refractivity contribution in [1.29, 1.82) is 0 Å². The fourth-order valence-electron chi connectivity index (χ4n) is 4.09. The van der Waals surface area contributed by atoms with Gasteiger partial charge in [-0.3, -0.25) is 14.7 Å². The summed E-state index contributed by atoms with van der Waals surface area (Å²) >= 11 is 3.45. The number of urea groups is 1. The van der Waals surface area contributed by atoms with Crippen LogP contribution in [0.15, 0.2) is 53.0 Å². The molecule has 2 aliphatic heterocycles. The minimum Gasteiger partial charge on any atom is -0.497 e. The van der Waals surface area contributed by atoms with Crippen molar-refractivity contribution in [3.05, 3.63) is 58.6 Å². The van der Waals surface area contributed by atoms with E-state index >= 15 is 0 Å². The van der Waals surface area contributed by atoms with Crippen LogP contribution in [0.1, 0.15) is 11.7 Å². The number of fused-ring (bicyclic) bond motifs is 3. The van der Waals surface area contributed by atoms with Gasteiger partial charge in [0.25, 0.3) is 5.91 Å². The molecule has 0 radical (unpaired) electrons. The van der Waals surface area contributed by atoms with Crippen LogP contribution in [-0.2, 0) is 11.3 Å². The van der Waals surface area contributed by atoms with E-state index in [2.05, 4.69) is 31.4 Å². The average Bonchev–Trinajstić information content (AvgIpc) is 3.33. The zero-order valence-electron chi connectivity index (χ0n) is 16.8. The van der Waals surface area contributed by atoms with Crippen LogP contribution in [0.4, 0.5) is 10.7 Å². The van der Waals surface area contributed by atoms with Crippen LogP contribution in [0.2, 0.25) is 0 Å². The minimum absolute atomic E-state index is 0.351. The van der Waals surface area contributed by atoms with Gasteiger partial charge in [0, 0.05) is 23.6 Å². The SMILES string of the molecule is COc1ccc(-c2nnc3n2C2C(C(=O)NC(=O)N2C)N3Cc2ccc(Br)cc2)cc1. The summed E-state index contributed by atoms with van der Waals surface area (Å²) in [4.78, 5) is 28.7. The summed E-state index contributed by atoms with van der Waals surface area (Å²) in [5.74, 6) is 1.50. The van der Waals surface area contributed by atoms with E-state index in [-0.39, 0.29) is 5.91 Å². The fraction of sp³-hybridized carbons (Fsp3) is 0.238. The number of likely N-dealkylation sites (N-methyl/N-ethyl adjacent to an activating group) is 1. The first-order chi connectivity index (χ1) is 15.0. The lowest BCUT2D eigenvalue weighted by molar-refractivity contribution is -0.124. The Balaban J connectivity index is 1.61. The maximum absolute atomic E-state index is 12.9. The van der Waals surface area contributed by atoms with Gasteiger partial charge in [0.15, 0.2) is 11.9 Å². The third kappa shape index (κ3) is 3.14. The van der Waals surface area contributed by atoms with Crippen LogP contribution < -0.4 is 15.0 Å². The van der Waals surface area contributed by atoms with E-state index < -0.39 is 18.2 Å². The summed E-state index contributed by atoms with van der Waals surface area (Å²) in [6.45, 7) is 0.449. The zero-order chi connectivity index (χ0) is 21.7. The van der Waals surface area contributed by atoms with Crippen LogP contribution in [0.5, 0.6) is 5.75 Å². The molecule has 1 aromatic heterocycles. The molecule has 3 heterocycles. The van der Waals surface area contributed by atoms with Crippen LogP contribution in [0.3, 0.4) is 0 Å². The molecule has 0 saturated carbocycles. The lowest BCUT2D eigenvalue weighted by atomic mass is 10.1. The van der Waals surface area contributed by atoms with E-state index in [0.29, 0.717) is 18.3 Å². The molecular weight excluding hydrogens is 464 g/mol. The number of halogens is 1. The number of carbonyl (C=O) groups is 2. The standard InChI is InChI=1S/C21H19BrN6O3/c1-26-19-16(18(29)23-21(26)30)27(11-12-3-7-14(22)8-4-12)20-25-24-17(28(19)20)13-5-9-15(31-2)10-6-13/h3-10,16,19H,11H2,1-2H3,(H,23,29,30). The predicted octanol–water partition coefficient (Wildman–Crippen LogP) is 2.79. The first-order valence-corrected chi connectivity index (χ1v) is 10.5. The number of anilines is 1. The van der Waals surface area contributed by atoms with Crippen molar-refractivity contribution >= 4 is 33.8 Å². The van der Waals surface area contributed by atoms with E-state index in [4.69, 9.17) is 4.74 Å². The molecule has 158 valence electrons. The molecule has 1 N–H and O–H groups in total. The van der Waals surface area contributed by atoms with Crippen LogP contribution in [0.25, 0.3) is 11.4 Å². The Morgan fingerprint density at radius 3 is 2.45 bits per heavy atom. The predicted molar refractivity (Wildman–Crippen MR) is 116 cm³/mol. The molecule has 3 amide bonds. The molecule has 2 atom stereocenters. The largest absolute Gasteiger partial charge is 0.497 e. The lowest BCUT2D eigenvalue weighted by Crippen LogP contribution is -2.61. The Kier molecular flexibility index (Phi) is 4.66. The number of nitrogens with one attached hydrogen (secondary N) is 1. The van der Waals surface area contributed by atoms with Gasteiger partial charge in [-0.15, -0.1) is 10.2 Å². The number of hydrogen-bond donors (Lipinski definition) is 1. The summed E-state index contributed by atoms with van der Waals surface area (Å²) in [7, 11) is 3.28. The molecule has 10 heteroatoms. The summed E-state index contributed by atoms with van der Waals surface area (Å²) < 4.78 is 8.08. The van der Waals surface area contributed by atoms with Crippen molar-refractivity contribution in [1.82, 2.24) is 25.0 Å². The number of aromatic nitrogens is 3. The van der Waals surface area contributed by atoms with Gasteiger partial charge in [-0.2, -0.15) is 0 Å². The summed E-state index contributed by atoms with van der Waals surface area (Å²) in [6, 6.07) is 14.2. The number of methoxy groups -OCH3 is 1.